The van der Waals surface area contributed by atoms with Crippen LogP contribution in [0.1, 0.15) is 22.3 Å². The van der Waals surface area contributed by atoms with Crippen molar-refractivity contribution in [2.45, 2.75) is 26.4 Å². The molecule has 3 N–H and O–H groups in total. The molecule has 96 valence electrons. The quantitative estimate of drug-likeness (QED) is 0.838. The fourth-order valence-corrected chi connectivity index (χ4v) is 2.89. The summed E-state index contributed by atoms with van der Waals surface area (Å²) >= 11 is 1.77. The maximum Gasteiger partial charge on any atom is 0.0219 e. The Morgan fingerprint density at radius 3 is 2.44 bits per heavy atom. The SMILES string of the molecule is Cc1cscc1CNCc1ccccc1CCN. The lowest BCUT2D eigenvalue weighted by Gasteiger charge is -2.10. The van der Waals surface area contributed by atoms with Gasteiger partial charge in [-0.15, -0.1) is 0 Å². The van der Waals surface area contributed by atoms with Crippen LogP contribution in [0.25, 0.3) is 0 Å². The van der Waals surface area contributed by atoms with Crippen molar-refractivity contribution in [2.24, 2.45) is 5.73 Å². The van der Waals surface area contributed by atoms with E-state index < -0.39 is 0 Å². The number of aryl methyl sites for hydroxylation is 1. The van der Waals surface area contributed by atoms with Crippen molar-refractivity contribution >= 4 is 11.3 Å². The molecule has 0 atom stereocenters. The topological polar surface area (TPSA) is 38.0 Å². The van der Waals surface area contributed by atoms with Gasteiger partial charge in [-0.05, 0) is 52.9 Å². The molecule has 0 saturated heterocycles. The molecule has 2 aromatic rings. The Morgan fingerprint density at radius 2 is 1.78 bits per heavy atom. The van der Waals surface area contributed by atoms with Crippen molar-refractivity contribution < 1.29 is 0 Å². The van der Waals surface area contributed by atoms with Gasteiger partial charge in [0.15, 0.2) is 0 Å². The minimum absolute atomic E-state index is 0.709. The van der Waals surface area contributed by atoms with E-state index in [1.165, 1.54) is 22.3 Å². The Bertz CT molecular complexity index is 491. The second-order valence-corrected chi connectivity index (χ2v) is 5.23. The van der Waals surface area contributed by atoms with Crippen LogP contribution in [-0.4, -0.2) is 6.54 Å². The highest BCUT2D eigenvalue weighted by atomic mass is 32.1. The fraction of sp³-hybridized carbons (Fsp3) is 0.333. The van der Waals surface area contributed by atoms with Crippen LogP contribution < -0.4 is 11.1 Å². The van der Waals surface area contributed by atoms with Gasteiger partial charge in [0, 0.05) is 13.1 Å². The lowest BCUT2D eigenvalue weighted by molar-refractivity contribution is 0.686. The van der Waals surface area contributed by atoms with Crippen LogP contribution in [0.2, 0.25) is 0 Å². The number of nitrogens with two attached hydrogens (primary N) is 1. The molecule has 0 amide bonds. The molecule has 1 heterocycles. The number of hydrogen-bond donors (Lipinski definition) is 2. The molecule has 0 aliphatic heterocycles. The van der Waals surface area contributed by atoms with Crippen molar-refractivity contribution in [2.75, 3.05) is 6.54 Å². The Hall–Kier alpha value is -1.16. The van der Waals surface area contributed by atoms with Crippen molar-refractivity contribution in [3.8, 4) is 0 Å². The summed E-state index contributed by atoms with van der Waals surface area (Å²) in [5.74, 6) is 0. The lowest BCUT2D eigenvalue weighted by Crippen LogP contribution is -2.15. The number of nitrogens with one attached hydrogen (secondary N) is 1. The van der Waals surface area contributed by atoms with Gasteiger partial charge in [0.1, 0.15) is 0 Å². The summed E-state index contributed by atoms with van der Waals surface area (Å²) < 4.78 is 0. The monoisotopic (exact) mass is 260 g/mol. The van der Waals surface area contributed by atoms with Gasteiger partial charge in [-0.3, -0.25) is 0 Å². The molecule has 0 saturated carbocycles. The van der Waals surface area contributed by atoms with E-state index in [0.29, 0.717) is 6.54 Å². The largest absolute Gasteiger partial charge is 0.330 e. The molecular weight excluding hydrogens is 240 g/mol. The maximum atomic E-state index is 5.64. The maximum absolute atomic E-state index is 5.64. The minimum Gasteiger partial charge on any atom is -0.330 e. The first-order valence-electron chi connectivity index (χ1n) is 6.30. The van der Waals surface area contributed by atoms with Gasteiger partial charge in [0.05, 0.1) is 0 Å². The van der Waals surface area contributed by atoms with Crippen LogP contribution in [0.5, 0.6) is 0 Å². The number of benzene rings is 1. The summed E-state index contributed by atoms with van der Waals surface area (Å²) in [4.78, 5) is 0. The van der Waals surface area contributed by atoms with Crippen LogP contribution in [-0.2, 0) is 19.5 Å². The van der Waals surface area contributed by atoms with E-state index in [1.54, 1.807) is 11.3 Å². The van der Waals surface area contributed by atoms with E-state index in [0.717, 1.165) is 19.5 Å². The van der Waals surface area contributed by atoms with E-state index in [4.69, 9.17) is 5.73 Å². The molecule has 0 spiro atoms. The molecule has 2 nitrogen and oxygen atoms in total. The zero-order valence-electron chi connectivity index (χ0n) is 10.8. The normalized spacial score (nSPS) is 10.8. The Labute approximate surface area is 113 Å². The van der Waals surface area contributed by atoms with E-state index >= 15 is 0 Å². The molecule has 0 aliphatic rings. The van der Waals surface area contributed by atoms with Crippen molar-refractivity contribution in [3.63, 3.8) is 0 Å². The average Bonchev–Trinajstić information content (AvgIpc) is 2.78. The minimum atomic E-state index is 0.709. The third-order valence-electron chi connectivity index (χ3n) is 3.12. The number of hydrogen-bond acceptors (Lipinski definition) is 3. The summed E-state index contributed by atoms with van der Waals surface area (Å²) in [6.07, 6.45) is 0.954. The average molecular weight is 260 g/mol. The lowest BCUT2D eigenvalue weighted by atomic mass is 10.0. The Balaban J connectivity index is 1.92. The van der Waals surface area contributed by atoms with E-state index in [1.807, 2.05) is 0 Å². The molecule has 0 unspecified atom stereocenters. The second kappa shape index (κ2) is 6.69. The molecule has 0 fully saturated rings. The summed E-state index contributed by atoms with van der Waals surface area (Å²) in [5, 5.41) is 7.92. The first-order valence-corrected chi connectivity index (χ1v) is 7.24. The van der Waals surface area contributed by atoms with Crippen LogP contribution in [0, 0.1) is 6.92 Å². The molecule has 18 heavy (non-hydrogen) atoms. The number of thiophene rings is 1. The van der Waals surface area contributed by atoms with Crippen molar-refractivity contribution in [1.82, 2.24) is 5.32 Å². The van der Waals surface area contributed by atoms with Crippen LogP contribution in [0.3, 0.4) is 0 Å². The van der Waals surface area contributed by atoms with Gasteiger partial charge in [0.25, 0.3) is 0 Å². The van der Waals surface area contributed by atoms with Gasteiger partial charge in [-0.25, -0.2) is 0 Å². The third-order valence-corrected chi connectivity index (χ3v) is 4.03. The molecule has 1 aromatic heterocycles. The predicted molar refractivity (Wildman–Crippen MR) is 78.8 cm³/mol. The first kappa shape index (κ1) is 13.3. The summed E-state index contributed by atoms with van der Waals surface area (Å²) in [6, 6.07) is 8.52. The van der Waals surface area contributed by atoms with E-state index in [9.17, 15) is 0 Å². The van der Waals surface area contributed by atoms with Gasteiger partial charge in [-0.2, -0.15) is 11.3 Å². The Morgan fingerprint density at radius 1 is 1.06 bits per heavy atom. The molecule has 0 aliphatic carbocycles. The Kier molecular flexibility index (Phi) is 4.93. The standard InChI is InChI=1S/C15H20N2S/c1-12-10-18-11-15(12)9-17-8-14-5-3-2-4-13(14)6-7-16/h2-5,10-11,17H,6-9,16H2,1H3. The molecule has 0 bridgehead atoms. The second-order valence-electron chi connectivity index (χ2n) is 4.49. The zero-order valence-corrected chi connectivity index (χ0v) is 11.6. The fourth-order valence-electron chi connectivity index (χ4n) is 2.03. The van der Waals surface area contributed by atoms with E-state index in [2.05, 4.69) is 47.3 Å². The summed E-state index contributed by atoms with van der Waals surface area (Å²) in [5.41, 5.74) is 11.1. The smallest absolute Gasteiger partial charge is 0.0219 e. The highest BCUT2D eigenvalue weighted by Gasteiger charge is 2.02. The molecule has 3 heteroatoms. The van der Waals surface area contributed by atoms with Crippen molar-refractivity contribution in [1.29, 1.82) is 0 Å². The van der Waals surface area contributed by atoms with Crippen LogP contribution in [0.4, 0.5) is 0 Å². The first-order chi connectivity index (χ1) is 8.81. The highest BCUT2D eigenvalue weighted by Crippen LogP contribution is 2.14. The molecule has 0 radical (unpaired) electrons. The van der Waals surface area contributed by atoms with Gasteiger partial charge >= 0.3 is 0 Å². The summed E-state index contributed by atoms with van der Waals surface area (Å²) in [7, 11) is 0. The van der Waals surface area contributed by atoms with Crippen LogP contribution in [0.15, 0.2) is 35.0 Å². The molecule has 1 aromatic carbocycles. The van der Waals surface area contributed by atoms with Crippen LogP contribution >= 0.6 is 11.3 Å². The zero-order chi connectivity index (χ0) is 12.8. The van der Waals surface area contributed by atoms with Gasteiger partial charge in [-0.1, -0.05) is 24.3 Å². The number of rotatable bonds is 6. The highest BCUT2D eigenvalue weighted by molar-refractivity contribution is 7.08. The molecule has 2 rings (SSSR count). The van der Waals surface area contributed by atoms with Gasteiger partial charge in [0.2, 0.25) is 0 Å². The predicted octanol–water partition coefficient (Wildman–Crippen LogP) is 2.85. The van der Waals surface area contributed by atoms with E-state index in [-0.39, 0.29) is 0 Å². The van der Waals surface area contributed by atoms with Crippen molar-refractivity contribution in [3.05, 3.63) is 57.3 Å². The third kappa shape index (κ3) is 3.42. The van der Waals surface area contributed by atoms with Gasteiger partial charge < -0.3 is 11.1 Å². The summed E-state index contributed by atoms with van der Waals surface area (Å²) in [6.45, 7) is 4.72. The molecular formula is C15H20N2S.